The molecule has 0 N–H and O–H groups in total. The predicted molar refractivity (Wildman–Crippen MR) is 17.2 cm³/mol. The summed E-state index contributed by atoms with van der Waals surface area (Å²) in [6, 6.07) is 0. The highest BCUT2D eigenvalue weighted by Gasteiger charge is 1.49. The molecule has 0 amide bonds. The molecule has 0 saturated carbocycles. The third-order valence-electron chi connectivity index (χ3n) is 0. The van der Waals surface area contributed by atoms with E-state index in [0.717, 1.165) is 0 Å². The van der Waals surface area contributed by atoms with Crippen molar-refractivity contribution < 1.29 is 17.5 Å². The second-order valence-electron chi connectivity index (χ2n) is 0.408. The molecule has 0 aliphatic rings. The molecule has 0 aromatic carbocycles. The molecule has 0 radical (unpaired) electrons. The van der Waals surface area contributed by atoms with Crippen molar-refractivity contribution >= 4 is 10.4 Å². The number of hydrogen-bond donors (Lipinski definition) is 0. The smallest absolute Gasteiger partial charge is 0.0311 e. The largest absolute Gasteiger partial charge is 0.759 e. The van der Waals surface area contributed by atoms with Gasteiger partial charge in [-0.1, -0.05) is 7.43 Å². The molecule has 6 heavy (non-hydrogen) atoms. The van der Waals surface area contributed by atoms with Gasteiger partial charge >= 0.3 is 0 Å². The van der Waals surface area contributed by atoms with Gasteiger partial charge in [-0.2, -0.15) is 0 Å². The summed E-state index contributed by atoms with van der Waals surface area (Å²) in [5.74, 6) is 0. The average Bonchev–Trinajstić information content (AvgIpc) is 0.722. The summed E-state index contributed by atoms with van der Waals surface area (Å²) in [6.07, 6.45) is 0. The second-order valence-corrected chi connectivity index (χ2v) is 1.22. The van der Waals surface area contributed by atoms with Crippen molar-refractivity contribution in [2.24, 2.45) is 0 Å². The van der Waals surface area contributed by atoms with Crippen LogP contribution in [-0.4, -0.2) is 17.5 Å². The van der Waals surface area contributed by atoms with Gasteiger partial charge < -0.3 is 9.11 Å². The zero-order valence-electron chi connectivity index (χ0n) is 2.04. The topological polar surface area (TPSA) is 80.3 Å². The van der Waals surface area contributed by atoms with E-state index < -0.39 is 10.4 Å². The van der Waals surface area contributed by atoms with Crippen molar-refractivity contribution in [2.75, 3.05) is 0 Å². The highest BCUT2D eigenvalue weighted by atomic mass is 32.3. The van der Waals surface area contributed by atoms with Crippen LogP contribution in [0.1, 0.15) is 7.43 Å². The Morgan fingerprint density at radius 3 is 1.17 bits per heavy atom. The lowest BCUT2D eigenvalue weighted by Crippen LogP contribution is -1.91. The van der Waals surface area contributed by atoms with Crippen molar-refractivity contribution in [1.29, 1.82) is 0 Å². The van der Waals surface area contributed by atoms with Gasteiger partial charge in [-0.3, -0.25) is 8.42 Å². The standard InChI is InChI=1S/CH4.H2O4S/c;1-5(2,3)4/h1H4;(H2,1,2,3,4)/p-2. The minimum atomic E-state index is -5.17. The monoisotopic (exact) mass is 112 g/mol. The lowest BCUT2D eigenvalue weighted by atomic mass is 12.0. The average molecular weight is 112 g/mol. The van der Waals surface area contributed by atoms with Crippen LogP contribution in [0, 0.1) is 0 Å². The minimum absolute atomic E-state index is 0. The molecule has 0 aromatic heterocycles. The SMILES string of the molecule is C.O=S(=O)([O-])[O-]. The molecular formula is CH4O4S-2. The fraction of sp³-hybridized carbons (Fsp3) is 1.00. The van der Waals surface area contributed by atoms with Crippen LogP contribution in [0.5, 0.6) is 0 Å². The maximum absolute atomic E-state index is 8.52. The molecule has 0 rings (SSSR count). The molecule has 0 aromatic rings. The zero-order chi connectivity index (χ0) is 4.50. The van der Waals surface area contributed by atoms with Crippen molar-refractivity contribution in [2.45, 2.75) is 7.43 Å². The van der Waals surface area contributed by atoms with E-state index in [1.807, 2.05) is 0 Å². The Hall–Kier alpha value is -0.130. The van der Waals surface area contributed by atoms with Gasteiger partial charge in [0.1, 0.15) is 0 Å². The first-order valence-corrected chi connectivity index (χ1v) is 2.00. The van der Waals surface area contributed by atoms with Crippen molar-refractivity contribution in [3.63, 3.8) is 0 Å². The van der Waals surface area contributed by atoms with E-state index in [0.29, 0.717) is 0 Å². The quantitative estimate of drug-likeness (QED) is 0.306. The lowest BCUT2D eigenvalue weighted by molar-refractivity contribution is 0.352. The van der Waals surface area contributed by atoms with E-state index in [-0.39, 0.29) is 7.43 Å². The summed E-state index contributed by atoms with van der Waals surface area (Å²) in [6.45, 7) is 0. The zero-order valence-corrected chi connectivity index (χ0v) is 2.86. The van der Waals surface area contributed by atoms with E-state index in [4.69, 9.17) is 17.5 Å². The van der Waals surface area contributed by atoms with Crippen LogP contribution in [-0.2, 0) is 10.4 Å². The highest BCUT2D eigenvalue weighted by molar-refractivity contribution is 7.79. The predicted octanol–water partition coefficient (Wildman–Crippen LogP) is -0.702. The van der Waals surface area contributed by atoms with Gasteiger partial charge in [-0.15, -0.1) is 0 Å². The lowest BCUT2D eigenvalue weighted by Gasteiger charge is -2.06. The van der Waals surface area contributed by atoms with Crippen LogP contribution in [0.25, 0.3) is 0 Å². The fourth-order valence-corrected chi connectivity index (χ4v) is 0. The van der Waals surface area contributed by atoms with Gasteiger partial charge in [-0.25, -0.2) is 0 Å². The Bertz CT molecular complexity index is 90.7. The Balaban J connectivity index is 0. The fourth-order valence-electron chi connectivity index (χ4n) is 0. The first-order valence-electron chi connectivity index (χ1n) is 0.667. The van der Waals surface area contributed by atoms with Gasteiger partial charge in [0.2, 0.25) is 0 Å². The first kappa shape index (κ1) is 9.30. The second kappa shape index (κ2) is 2.12. The van der Waals surface area contributed by atoms with Crippen molar-refractivity contribution in [3.8, 4) is 0 Å². The third-order valence-corrected chi connectivity index (χ3v) is 0. The molecule has 0 unspecified atom stereocenters. The van der Waals surface area contributed by atoms with Crippen LogP contribution in [0.2, 0.25) is 0 Å². The van der Waals surface area contributed by atoms with Gasteiger partial charge in [0.05, 0.1) is 0 Å². The van der Waals surface area contributed by atoms with E-state index in [2.05, 4.69) is 0 Å². The van der Waals surface area contributed by atoms with Crippen molar-refractivity contribution in [1.82, 2.24) is 0 Å². The molecule has 40 valence electrons. The molecule has 5 heteroatoms. The summed E-state index contributed by atoms with van der Waals surface area (Å²) >= 11 is 0. The maximum Gasteiger partial charge on any atom is 0.0311 e. The number of rotatable bonds is 0. The molecule has 0 heterocycles. The molecule has 0 spiro atoms. The molecule has 0 fully saturated rings. The van der Waals surface area contributed by atoms with Crippen LogP contribution in [0.15, 0.2) is 0 Å². The Morgan fingerprint density at radius 2 is 1.17 bits per heavy atom. The van der Waals surface area contributed by atoms with Gasteiger partial charge in [-0.05, 0) is 0 Å². The van der Waals surface area contributed by atoms with E-state index in [1.54, 1.807) is 0 Å². The number of hydrogen-bond acceptors (Lipinski definition) is 4. The molecule has 0 atom stereocenters. The summed E-state index contributed by atoms with van der Waals surface area (Å²) in [7, 11) is -5.17. The van der Waals surface area contributed by atoms with Crippen LogP contribution in [0.3, 0.4) is 0 Å². The molecular weight excluding hydrogens is 108 g/mol. The van der Waals surface area contributed by atoms with Gasteiger partial charge in [0.15, 0.2) is 0 Å². The van der Waals surface area contributed by atoms with Gasteiger partial charge in [0, 0.05) is 10.4 Å². The van der Waals surface area contributed by atoms with Crippen LogP contribution < -0.4 is 0 Å². The summed E-state index contributed by atoms with van der Waals surface area (Å²) in [4.78, 5) is 0. The molecule has 4 nitrogen and oxygen atoms in total. The Kier molecular flexibility index (Phi) is 3.28. The molecule has 0 saturated heterocycles. The summed E-state index contributed by atoms with van der Waals surface area (Å²) < 4.78 is 34.1. The van der Waals surface area contributed by atoms with Crippen LogP contribution >= 0.6 is 0 Å². The Morgan fingerprint density at radius 1 is 1.17 bits per heavy atom. The molecule has 0 aliphatic heterocycles. The van der Waals surface area contributed by atoms with Gasteiger partial charge in [0.25, 0.3) is 0 Å². The minimum Gasteiger partial charge on any atom is -0.759 e. The van der Waals surface area contributed by atoms with Crippen molar-refractivity contribution in [3.05, 3.63) is 0 Å². The van der Waals surface area contributed by atoms with Crippen LogP contribution in [0.4, 0.5) is 0 Å². The normalized spacial score (nSPS) is 9.67. The summed E-state index contributed by atoms with van der Waals surface area (Å²) in [5, 5.41) is 0. The van der Waals surface area contributed by atoms with E-state index >= 15 is 0 Å². The first-order chi connectivity index (χ1) is 2.00. The highest BCUT2D eigenvalue weighted by Crippen LogP contribution is 1.57. The Labute approximate surface area is 36.4 Å². The molecule has 0 aliphatic carbocycles. The maximum atomic E-state index is 8.52. The third kappa shape index (κ3) is 1890. The molecule has 0 bridgehead atoms. The van der Waals surface area contributed by atoms with E-state index in [9.17, 15) is 0 Å². The summed E-state index contributed by atoms with van der Waals surface area (Å²) in [5.41, 5.74) is 0. The van der Waals surface area contributed by atoms with E-state index in [1.165, 1.54) is 0 Å².